The molecule has 1 aliphatic rings. The number of rotatable bonds is 1. The van der Waals surface area contributed by atoms with Gasteiger partial charge in [-0.05, 0) is 24.7 Å². The van der Waals surface area contributed by atoms with E-state index in [1.807, 2.05) is 0 Å². The van der Waals surface area contributed by atoms with E-state index in [0.717, 1.165) is 31.7 Å². The molecule has 1 saturated carbocycles. The van der Waals surface area contributed by atoms with Crippen LogP contribution in [0.4, 0.5) is 13.2 Å². The lowest BCUT2D eigenvalue weighted by Crippen LogP contribution is -2.40. The molecule has 2 N–H and O–H groups in total. The summed E-state index contributed by atoms with van der Waals surface area (Å²) in [4.78, 5) is 0. The molecule has 3 nitrogen and oxygen atoms in total. The highest BCUT2D eigenvalue weighted by molar-refractivity contribution is 5.09. The summed E-state index contributed by atoms with van der Waals surface area (Å²) in [6.07, 6.45) is 0.164. The minimum absolute atomic E-state index is 0.102. The van der Waals surface area contributed by atoms with Crippen LogP contribution < -0.4 is 5.73 Å². The summed E-state index contributed by atoms with van der Waals surface area (Å²) < 4.78 is 39.0. The molecular formula is C12H18F3N3. The zero-order valence-electron chi connectivity index (χ0n) is 10.5. The van der Waals surface area contributed by atoms with E-state index < -0.39 is 11.7 Å². The van der Waals surface area contributed by atoms with Gasteiger partial charge in [-0.2, -0.15) is 18.3 Å². The van der Waals surface area contributed by atoms with Gasteiger partial charge in [0.25, 0.3) is 0 Å². The fourth-order valence-electron chi connectivity index (χ4n) is 2.52. The minimum atomic E-state index is -4.34. The molecule has 0 aliphatic heterocycles. The molecule has 18 heavy (non-hydrogen) atoms. The second-order valence-corrected chi connectivity index (χ2v) is 5.84. The number of aromatic nitrogens is 2. The zero-order chi connectivity index (χ0) is 13.6. The molecule has 1 aromatic heterocycles. The normalized spacial score (nSPS) is 28.3. The van der Waals surface area contributed by atoms with Crippen molar-refractivity contribution < 1.29 is 13.2 Å². The standard InChI is InChI=1S/C12H18F3N3/c1-11(2)4-3-9(16)10(5-11)18-7-8(6-17-18)12(13,14)15/h6-7,9-10H,3-5,16H2,1-2H3. The second-order valence-electron chi connectivity index (χ2n) is 5.84. The van der Waals surface area contributed by atoms with Gasteiger partial charge in [-0.3, -0.25) is 4.68 Å². The topological polar surface area (TPSA) is 43.8 Å². The van der Waals surface area contributed by atoms with Crippen LogP contribution in [0.3, 0.4) is 0 Å². The van der Waals surface area contributed by atoms with E-state index in [0.29, 0.717) is 0 Å². The molecule has 0 amide bonds. The monoisotopic (exact) mass is 261 g/mol. The zero-order valence-corrected chi connectivity index (χ0v) is 10.5. The molecule has 1 aliphatic carbocycles. The van der Waals surface area contributed by atoms with Crippen LogP contribution in [-0.4, -0.2) is 15.8 Å². The Morgan fingerprint density at radius 1 is 1.44 bits per heavy atom. The molecule has 0 saturated heterocycles. The van der Waals surface area contributed by atoms with Crippen molar-refractivity contribution in [1.29, 1.82) is 0 Å². The van der Waals surface area contributed by atoms with Crippen LogP contribution >= 0.6 is 0 Å². The fraction of sp³-hybridized carbons (Fsp3) is 0.750. The molecule has 0 aromatic carbocycles. The lowest BCUT2D eigenvalue weighted by atomic mass is 9.73. The molecule has 2 unspecified atom stereocenters. The fourth-order valence-corrected chi connectivity index (χ4v) is 2.52. The van der Waals surface area contributed by atoms with Crippen molar-refractivity contribution in [3.63, 3.8) is 0 Å². The minimum Gasteiger partial charge on any atom is -0.326 e. The quantitative estimate of drug-likeness (QED) is 0.844. The van der Waals surface area contributed by atoms with E-state index in [1.165, 1.54) is 4.68 Å². The highest BCUT2D eigenvalue weighted by Gasteiger charge is 2.37. The first-order valence-electron chi connectivity index (χ1n) is 6.06. The predicted molar refractivity (Wildman–Crippen MR) is 61.9 cm³/mol. The maximum Gasteiger partial charge on any atom is 0.419 e. The molecule has 0 spiro atoms. The summed E-state index contributed by atoms with van der Waals surface area (Å²) in [5.74, 6) is 0. The first-order valence-corrected chi connectivity index (χ1v) is 6.06. The van der Waals surface area contributed by atoms with Gasteiger partial charge < -0.3 is 5.73 Å². The average Bonchev–Trinajstić information content (AvgIpc) is 2.70. The van der Waals surface area contributed by atoms with E-state index >= 15 is 0 Å². The molecule has 1 aromatic rings. The number of hydrogen-bond acceptors (Lipinski definition) is 2. The first-order chi connectivity index (χ1) is 8.19. The van der Waals surface area contributed by atoms with Gasteiger partial charge in [-0.1, -0.05) is 13.8 Å². The Labute approximate surface area is 104 Å². The van der Waals surface area contributed by atoms with Crippen LogP contribution in [0.25, 0.3) is 0 Å². The summed E-state index contributed by atoms with van der Waals surface area (Å²) >= 11 is 0. The molecule has 6 heteroatoms. The second kappa shape index (κ2) is 4.26. The van der Waals surface area contributed by atoms with Gasteiger partial charge in [-0.15, -0.1) is 0 Å². The molecule has 2 rings (SSSR count). The van der Waals surface area contributed by atoms with Crippen molar-refractivity contribution in [2.24, 2.45) is 11.1 Å². The lowest BCUT2D eigenvalue weighted by Gasteiger charge is -2.39. The Balaban J connectivity index is 2.22. The summed E-state index contributed by atoms with van der Waals surface area (Å²) in [5, 5.41) is 3.84. The van der Waals surface area contributed by atoms with Crippen molar-refractivity contribution in [3.05, 3.63) is 18.0 Å². The Kier molecular flexibility index (Phi) is 3.17. The smallest absolute Gasteiger partial charge is 0.326 e. The Hall–Kier alpha value is -1.04. The van der Waals surface area contributed by atoms with Crippen LogP contribution in [0.1, 0.15) is 44.7 Å². The van der Waals surface area contributed by atoms with Crippen LogP contribution in [-0.2, 0) is 6.18 Å². The lowest BCUT2D eigenvalue weighted by molar-refractivity contribution is -0.137. The molecule has 102 valence electrons. The predicted octanol–water partition coefficient (Wildman–Crippen LogP) is 2.98. The molecular weight excluding hydrogens is 243 g/mol. The van der Waals surface area contributed by atoms with Crippen molar-refractivity contribution in [2.45, 2.75) is 51.4 Å². The Morgan fingerprint density at radius 2 is 2.11 bits per heavy atom. The molecule has 1 fully saturated rings. The van der Waals surface area contributed by atoms with Crippen molar-refractivity contribution >= 4 is 0 Å². The third kappa shape index (κ3) is 2.68. The highest BCUT2D eigenvalue weighted by Crippen LogP contribution is 2.40. The number of nitrogens with two attached hydrogens (primary N) is 1. The molecule has 0 bridgehead atoms. The van der Waals surface area contributed by atoms with Crippen LogP contribution in [0.15, 0.2) is 12.4 Å². The van der Waals surface area contributed by atoms with E-state index in [-0.39, 0.29) is 17.5 Å². The summed E-state index contributed by atoms with van der Waals surface area (Å²) in [5.41, 5.74) is 5.40. The van der Waals surface area contributed by atoms with E-state index in [1.54, 1.807) is 0 Å². The van der Waals surface area contributed by atoms with Gasteiger partial charge in [0.1, 0.15) is 0 Å². The largest absolute Gasteiger partial charge is 0.419 e. The van der Waals surface area contributed by atoms with Crippen LogP contribution in [0.2, 0.25) is 0 Å². The maximum atomic E-state index is 12.5. The van der Waals surface area contributed by atoms with Crippen molar-refractivity contribution in [2.75, 3.05) is 0 Å². The van der Waals surface area contributed by atoms with Gasteiger partial charge in [0.05, 0.1) is 17.8 Å². The summed E-state index contributed by atoms with van der Waals surface area (Å²) in [6.45, 7) is 4.22. The number of halogens is 3. The highest BCUT2D eigenvalue weighted by atomic mass is 19.4. The van der Waals surface area contributed by atoms with E-state index in [9.17, 15) is 13.2 Å². The first kappa shape index (κ1) is 13.4. The number of hydrogen-bond donors (Lipinski definition) is 1. The van der Waals surface area contributed by atoms with Gasteiger partial charge in [-0.25, -0.2) is 0 Å². The maximum absolute atomic E-state index is 12.5. The molecule has 1 heterocycles. The van der Waals surface area contributed by atoms with Crippen molar-refractivity contribution in [3.8, 4) is 0 Å². The summed E-state index contributed by atoms with van der Waals surface area (Å²) in [6, 6.07) is -0.274. The molecule has 0 radical (unpaired) electrons. The number of nitrogens with zero attached hydrogens (tertiary/aromatic N) is 2. The Bertz CT molecular complexity index is 422. The van der Waals surface area contributed by atoms with Gasteiger partial charge in [0.15, 0.2) is 0 Å². The van der Waals surface area contributed by atoms with Crippen LogP contribution in [0, 0.1) is 5.41 Å². The van der Waals surface area contributed by atoms with Gasteiger partial charge in [0.2, 0.25) is 0 Å². The van der Waals surface area contributed by atoms with Gasteiger partial charge in [0, 0.05) is 12.2 Å². The number of alkyl halides is 3. The van der Waals surface area contributed by atoms with E-state index in [2.05, 4.69) is 18.9 Å². The average molecular weight is 261 g/mol. The SMILES string of the molecule is CC1(C)CCC(N)C(n2cc(C(F)(F)F)cn2)C1. The molecule has 2 atom stereocenters. The van der Waals surface area contributed by atoms with Crippen molar-refractivity contribution in [1.82, 2.24) is 9.78 Å². The van der Waals surface area contributed by atoms with Crippen LogP contribution in [0.5, 0.6) is 0 Å². The van der Waals surface area contributed by atoms with Gasteiger partial charge >= 0.3 is 6.18 Å². The summed E-state index contributed by atoms with van der Waals surface area (Å²) in [7, 11) is 0. The van der Waals surface area contributed by atoms with E-state index in [4.69, 9.17) is 5.73 Å². The third-order valence-electron chi connectivity index (χ3n) is 3.68. The third-order valence-corrected chi connectivity index (χ3v) is 3.68. The Morgan fingerprint density at radius 3 is 2.67 bits per heavy atom.